The third kappa shape index (κ3) is 4.77. The molecule has 0 aliphatic carbocycles. The van der Waals surface area contributed by atoms with Gasteiger partial charge in [0.05, 0.1) is 30.5 Å². The maximum Gasteiger partial charge on any atom is 0.416 e. The third-order valence-corrected chi connectivity index (χ3v) is 5.99. The zero-order chi connectivity index (χ0) is 22.9. The molecule has 4 rings (SSSR count). The van der Waals surface area contributed by atoms with E-state index in [0.29, 0.717) is 40.5 Å². The molecular weight excluding hydrogens is 443 g/mol. The highest BCUT2D eigenvalue weighted by molar-refractivity contribution is 7.15. The van der Waals surface area contributed by atoms with Gasteiger partial charge in [0.25, 0.3) is 0 Å². The summed E-state index contributed by atoms with van der Waals surface area (Å²) >= 11 is 1.43. The first-order valence-corrected chi connectivity index (χ1v) is 10.5. The van der Waals surface area contributed by atoms with Gasteiger partial charge in [-0.15, -0.1) is 11.3 Å². The Kier molecular flexibility index (Phi) is 5.92. The monoisotopic (exact) mass is 461 g/mol. The van der Waals surface area contributed by atoms with E-state index in [9.17, 15) is 18.0 Å². The fourth-order valence-electron chi connectivity index (χ4n) is 3.30. The number of benzene rings is 2. The Morgan fingerprint density at radius 3 is 2.62 bits per heavy atom. The highest BCUT2D eigenvalue weighted by Gasteiger charge is 2.30. The number of hydrogen-bond acceptors (Lipinski definition) is 5. The summed E-state index contributed by atoms with van der Waals surface area (Å²) < 4.78 is 49.5. The molecule has 1 N–H and O–H groups in total. The zero-order valence-electron chi connectivity index (χ0n) is 16.9. The van der Waals surface area contributed by atoms with Crippen molar-refractivity contribution in [2.75, 3.05) is 6.61 Å². The second-order valence-electron chi connectivity index (χ2n) is 7.18. The van der Waals surface area contributed by atoms with Gasteiger partial charge in [-0.3, -0.25) is 4.79 Å². The van der Waals surface area contributed by atoms with Gasteiger partial charge in [0.15, 0.2) is 0 Å². The van der Waals surface area contributed by atoms with Crippen molar-refractivity contribution in [1.29, 1.82) is 0 Å². The first-order valence-electron chi connectivity index (χ1n) is 9.69. The van der Waals surface area contributed by atoms with Crippen LogP contribution in [0.1, 0.15) is 21.7 Å². The molecule has 2 heterocycles. The van der Waals surface area contributed by atoms with Gasteiger partial charge in [0.1, 0.15) is 16.3 Å². The molecule has 2 aromatic carbocycles. The summed E-state index contributed by atoms with van der Waals surface area (Å²) in [7, 11) is 0. The minimum atomic E-state index is -4.36. The number of nitrogens with zero attached hydrogens (tertiary/aromatic N) is 1. The van der Waals surface area contributed by atoms with Crippen LogP contribution in [-0.2, 0) is 23.8 Å². The predicted octanol–water partition coefficient (Wildman–Crippen LogP) is 6.13. The van der Waals surface area contributed by atoms with Crippen molar-refractivity contribution in [2.24, 2.45) is 0 Å². The molecule has 0 aliphatic heterocycles. The fourth-order valence-corrected chi connectivity index (χ4v) is 4.27. The summed E-state index contributed by atoms with van der Waals surface area (Å²) in [6.45, 7) is 2.27. The highest BCUT2D eigenvalue weighted by Crippen LogP contribution is 2.33. The molecule has 0 amide bonds. The van der Waals surface area contributed by atoms with Gasteiger partial charge in [-0.2, -0.15) is 13.2 Å². The fraction of sp³-hybridized carbons (Fsp3) is 0.217. The molecule has 0 spiro atoms. The van der Waals surface area contributed by atoms with E-state index in [4.69, 9.17) is 14.3 Å². The van der Waals surface area contributed by atoms with Gasteiger partial charge in [0, 0.05) is 33.9 Å². The SMILES string of the molecule is Cc1sc(-c2ccc(C(F)(F)F)cc2)nc1CCOc1ccc2c(CC(=O)O)coc2c1. The number of alkyl halides is 3. The van der Waals surface area contributed by atoms with E-state index >= 15 is 0 Å². The lowest BCUT2D eigenvalue weighted by Gasteiger charge is -2.06. The average molecular weight is 461 g/mol. The number of ether oxygens (including phenoxy) is 1. The number of carboxylic acid groups (broad SMARTS) is 1. The minimum Gasteiger partial charge on any atom is -0.493 e. The first-order chi connectivity index (χ1) is 15.2. The lowest BCUT2D eigenvalue weighted by atomic mass is 10.1. The van der Waals surface area contributed by atoms with Gasteiger partial charge in [0.2, 0.25) is 0 Å². The van der Waals surface area contributed by atoms with Crippen LogP contribution < -0.4 is 4.74 Å². The number of hydrogen-bond donors (Lipinski definition) is 1. The second kappa shape index (κ2) is 8.66. The van der Waals surface area contributed by atoms with E-state index in [1.165, 1.54) is 29.7 Å². The smallest absolute Gasteiger partial charge is 0.416 e. The van der Waals surface area contributed by atoms with Crippen molar-refractivity contribution in [3.63, 3.8) is 0 Å². The molecule has 0 fully saturated rings. The van der Waals surface area contributed by atoms with Gasteiger partial charge >= 0.3 is 12.1 Å². The first kappa shape index (κ1) is 21.9. The van der Waals surface area contributed by atoms with Gasteiger partial charge in [-0.1, -0.05) is 12.1 Å². The van der Waals surface area contributed by atoms with Crippen molar-refractivity contribution < 1.29 is 32.2 Å². The summed E-state index contributed by atoms with van der Waals surface area (Å²) in [4.78, 5) is 16.5. The van der Waals surface area contributed by atoms with Crippen LogP contribution in [0.5, 0.6) is 5.75 Å². The van der Waals surface area contributed by atoms with Crippen molar-refractivity contribution in [3.8, 4) is 16.3 Å². The van der Waals surface area contributed by atoms with Crippen LogP contribution in [0.2, 0.25) is 0 Å². The van der Waals surface area contributed by atoms with Crippen LogP contribution in [0.15, 0.2) is 53.1 Å². The lowest BCUT2D eigenvalue weighted by Crippen LogP contribution is -2.04. The molecule has 0 radical (unpaired) electrons. The number of carbonyl (C=O) groups is 1. The molecule has 0 atom stereocenters. The van der Waals surface area contributed by atoms with E-state index in [2.05, 4.69) is 4.98 Å². The Morgan fingerprint density at radius 1 is 1.19 bits per heavy atom. The van der Waals surface area contributed by atoms with E-state index in [1.54, 1.807) is 18.2 Å². The van der Waals surface area contributed by atoms with E-state index in [1.807, 2.05) is 6.92 Å². The normalized spacial score (nSPS) is 11.8. The van der Waals surface area contributed by atoms with Gasteiger partial charge in [-0.05, 0) is 31.2 Å². The number of furan rings is 1. The molecule has 32 heavy (non-hydrogen) atoms. The average Bonchev–Trinajstić information content (AvgIpc) is 3.30. The van der Waals surface area contributed by atoms with E-state index in [-0.39, 0.29) is 6.42 Å². The maximum atomic E-state index is 12.8. The molecular formula is C23H18F3NO4S. The van der Waals surface area contributed by atoms with E-state index < -0.39 is 17.7 Å². The zero-order valence-corrected chi connectivity index (χ0v) is 17.7. The number of aliphatic carboxylic acids is 1. The molecule has 9 heteroatoms. The van der Waals surface area contributed by atoms with Crippen LogP contribution in [0.25, 0.3) is 21.5 Å². The molecule has 0 aliphatic rings. The number of carboxylic acids is 1. The number of thiazole rings is 1. The number of rotatable bonds is 7. The summed E-state index contributed by atoms with van der Waals surface area (Å²) in [5, 5.41) is 10.3. The standard InChI is InChI=1S/C23H18F3NO4S/c1-13-19(27-22(32-13)14-2-4-16(5-3-14)23(24,25)26)8-9-30-17-6-7-18-15(10-21(28)29)12-31-20(18)11-17/h2-7,11-12H,8-10H2,1H3,(H,28,29). The van der Waals surface area contributed by atoms with Crippen LogP contribution in [-0.4, -0.2) is 22.7 Å². The molecule has 5 nitrogen and oxygen atoms in total. The summed E-state index contributed by atoms with van der Waals surface area (Å²) in [5.74, 6) is -0.341. The Labute approximate surface area is 185 Å². The van der Waals surface area contributed by atoms with Crippen molar-refractivity contribution in [2.45, 2.75) is 25.9 Å². The number of fused-ring (bicyclic) bond motifs is 1. The molecule has 0 unspecified atom stereocenters. The van der Waals surface area contributed by atoms with Gasteiger partial charge in [-0.25, -0.2) is 4.98 Å². The van der Waals surface area contributed by atoms with Crippen LogP contribution >= 0.6 is 11.3 Å². The lowest BCUT2D eigenvalue weighted by molar-refractivity contribution is -0.138. The quantitative estimate of drug-likeness (QED) is 0.358. The highest BCUT2D eigenvalue weighted by atomic mass is 32.1. The Balaban J connectivity index is 1.40. The van der Waals surface area contributed by atoms with Crippen LogP contribution in [0, 0.1) is 6.92 Å². The summed E-state index contributed by atoms with van der Waals surface area (Å²) in [6, 6.07) is 10.2. The Hall–Kier alpha value is -3.33. The van der Waals surface area contributed by atoms with Crippen molar-refractivity contribution in [3.05, 3.63) is 70.4 Å². The molecule has 4 aromatic rings. The third-order valence-electron chi connectivity index (χ3n) is 4.93. The largest absolute Gasteiger partial charge is 0.493 e. The number of halogens is 3. The van der Waals surface area contributed by atoms with Crippen LogP contribution in [0.3, 0.4) is 0 Å². The Bertz CT molecular complexity index is 1260. The Morgan fingerprint density at radius 2 is 1.94 bits per heavy atom. The topological polar surface area (TPSA) is 72.6 Å². The van der Waals surface area contributed by atoms with Crippen molar-refractivity contribution in [1.82, 2.24) is 4.98 Å². The maximum absolute atomic E-state index is 12.8. The molecule has 0 saturated heterocycles. The molecule has 2 aromatic heterocycles. The molecule has 0 bridgehead atoms. The molecule has 0 saturated carbocycles. The number of aromatic nitrogens is 1. The predicted molar refractivity (Wildman–Crippen MR) is 114 cm³/mol. The van der Waals surface area contributed by atoms with Crippen LogP contribution in [0.4, 0.5) is 13.2 Å². The molecule has 166 valence electrons. The summed E-state index contributed by atoms with van der Waals surface area (Å²) in [6.07, 6.45) is -2.51. The second-order valence-corrected chi connectivity index (χ2v) is 8.39. The summed E-state index contributed by atoms with van der Waals surface area (Å²) in [5.41, 5.74) is 1.93. The van der Waals surface area contributed by atoms with E-state index in [0.717, 1.165) is 28.1 Å². The number of aryl methyl sites for hydroxylation is 1. The van der Waals surface area contributed by atoms with Crippen molar-refractivity contribution >= 4 is 28.3 Å². The minimum absolute atomic E-state index is 0.114. The van der Waals surface area contributed by atoms with Gasteiger partial charge < -0.3 is 14.3 Å².